The summed E-state index contributed by atoms with van der Waals surface area (Å²) in [4.78, 5) is 17.1. The molecule has 15 heavy (non-hydrogen) atoms. The molecule has 1 N–H and O–H groups in total. The standard InChI is InChI=1S/C10H12N2O3/c13-5-9-6-15-7-10(14)12(9)8-2-1-3-11-4-8/h1-4,9,13H,5-7H2. The van der Waals surface area contributed by atoms with E-state index in [1.165, 1.54) is 4.90 Å². The van der Waals surface area contributed by atoms with Crippen molar-refractivity contribution in [2.45, 2.75) is 6.04 Å². The van der Waals surface area contributed by atoms with E-state index in [-0.39, 0.29) is 25.2 Å². The van der Waals surface area contributed by atoms with Gasteiger partial charge in [-0.05, 0) is 12.1 Å². The van der Waals surface area contributed by atoms with E-state index < -0.39 is 0 Å². The first-order valence-electron chi connectivity index (χ1n) is 4.73. The fraction of sp³-hybridized carbons (Fsp3) is 0.400. The number of hydrogen-bond acceptors (Lipinski definition) is 4. The minimum Gasteiger partial charge on any atom is -0.394 e. The summed E-state index contributed by atoms with van der Waals surface area (Å²) in [5.74, 6) is -0.145. The number of amides is 1. The largest absolute Gasteiger partial charge is 0.394 e. The number of rotatable bonds is 2. The first-order chi connectivity index (χ1) is 7.33. The molecular formula is C10H12N2O3. The molecule has 1 fully saturated rings. The molecule has 0 aromatic carbocycles. The average molecular weight is 208 g/mol. The lowest BCUT2D eigenvalue weighted by molar-refractivity contribution is -0.128. The average Bonchev–Trinajstić information content (AvgIpc) is 2.29. The number of aliphatic hydroxyl groups is 1. The molecule has 1 unspecified atom stereocenters. The topological polar surface area (TPSA) is 62.7 Å². The Balaban J connectivity index is 2.27. The smallest absolute Gasteiger partial charge is 0.253 e. The second-order valence-electron chi connectivity index (χ2n) is 3.33. The number of nitrogens with zero attached hydrogens (tertiary/aromatic N) is 2. The van der Waals surface area contributed by atoms with Gasteiger partial charge in [0.15, 0.2) is 0 Å². The van der Waals surface area contributed by atoms with Gasteiger partial charge in [0, 0.05) is 6.20 Å². The van der Waals surface area contributed by atoms with Gasteiger partial charge in [0.05, 0.1) is 31.1 Å². The summed E-state index contributed by atoms with van der Waals surface area (Å²) < 4.78 is 5.07. The van der Waals surface area contributed by atoms with E-state index in [4.69, 9.17) is 9.84 Å². The van der Waals surface area contributed by atoms with Gasteiger partial charge in [-0.2, -0.15) is 0 Å². The highest BCUT2D eigenvalue weighted by atomic mass is 16.5. The molecule has 0 bridgehead atoms. The predicted molar refractivity (Wildman–Crippen MR) is 53.4 cm³/mol. The van der Waals surface area contributed by atoms with Crippen LogP contribution < -0.4 is 4.90 Å². The molecule has 1 atom stereocenters. The van der Waals surface area contributed by atoms with Gasteiger partial charge in [0.2, 0.25) is 0 Å². The van der Waals surface area contributed by atoms with Gasteiger partial charge in [-0.3, -0.25) is 9.78 Å². The van der Waals surface area contributed by atoms with Crippen molar-refractivity contribution in [1.29, 1.82) is 0 Å². The maximum absolute atomic E-state index is 11.6. The van der Waals surface area contributed by atoms with Gasteiger partial charge < -0.3 is 14.7 Å². The molecule has 1 aliphatic rings. The molecule has 0 spiro atoms. The number of anilines is 1. The first kappa shape index (κ1) is 10.1. The third-order valence-corrected chi connectivity index (χ3v) is 2.30. The lowest BCUT2D eigenvalue weighted by Gasteiger charge is -2.33. The van der Waals surface area contributed by atoms with Crippen molar-refractivity contribution < 1.29 is 14.6 Å². The Morgan fingerprint density at radius 3 is 3.20 bits per heavy atom. The molecule has 80 valence electrons. The van der Waals surface area contributed by atoms with E-state index in [2.05, 4.69) is 4.98 Å². The van der Waals surface area contributed by atoms with Gasteiger partial charge in [-0.1, -0.05) is 0 Å². The lowest BCUT2D eigenvalue weighted by atomic mass is 10.2. The first-order valence-corrected chi connectivity index (χ1v) is 4.73. The Kier molecular flexibility index (Phi) is 2.94. The van der Waals surface area contributed by atoms with Crippen LogP contribution in [0.4, 0.5) is 5.69 Å². The van der Waals surface area contributed by atoms with Crippen molar-refractivity contribution in [1.82, 2.24) is 4.98 Å². The zero-order valence-corrected chi connectivity index (χ0v) is 8.17. The number of carbonyl (C=O) groups is 1. The fourth-order valence-electron chi connectivity index (χ4n) is 1.62. The number of hydrogen-bond donors (Lipinski definition) is 1. The molecular weight excluding hydrogens is 196 g/mol. The Labute approximate surface area is 87.3 Å². The zero-order valence-electron chi connectivity index (χ0n) is 8.17. The molecule has 1 aliphatic heterocycles. The van der Waals surface area contributed by atoms with E-state index in [1.807, 2.05) is 0 Å². The number of pyridine rings is 1. The predicted octanol–water partition coefficient (Wildman–Crippen LogP) is -0.194. The molecule has 5 heteroatoms. The second kappa shape index (κ2) is 4.37. The molecule has 1 amide bonds. The van der Waals surface area contributed by atoms with Crippen molar-refractivity contribution in [3.63, 3.8) is 0 Å². The van der Waals surface area contributed by atoms with E-state index in [0.717, 1.165) is 0 Å². The van der Waals surface area contributed by atoms with Gasteiger partial charge in [0.1, 0.15) is 6.61 Å². The summed E-state index contributed by atoms with van der Waals surface area (Å²) >= 11 is 0. The zero-order chi connectivity index (χ0) is 10.7. The van der Waals surface area contributed by atoms with Gasteiger partial charge >= 0.3 is 0 Å². The van der Waals surface area contributed by atoms with Crippen LogP contribution in [0.25, 0.3) is 0 Å². The highest BCUT2D eigenvalue weighted by molar-refractivity contribution is 5.95. The van der Waals surface area contributed by atoms with Crippen LogP contribution >= 0.6 is 0 Å². The highest BCUT2D eigenvalue weighted by Gasteiger charge is 2.29. The molecule has 2 heterocycles. The third-order valence-electron chi connectivity index (χ3n) is 2.30. The van der Waals surface area contributed by atoms with Crippen molar-refractivity contribution in [2.75, 3.05) is 24.7 Å². The molecule has 0 radical (unpaired) electrons. The molecule has 1 saturated heterocycles. The summed E-state index contributed by atoms with van der Waals surface area (Å²) in [7, 11) is 0. The van der Waals surface area contributed by atoms with Gasteiger partial charge in [-0.15, -0.1) is 0 Å². The maximum atomic E-state index is 11.6. The normalized spacial score (nSPS) is 21.8. The van der Waals surface area contributed by atoms with Crippen LogP contribution in [0.1, 0.15) is 0 Å². The molecule has 5 nitrogen and oxygen atoms in total. The van der Waals surface area contributed by atoms with E-state index in [1.54, 1.807) is 24.5 Å². The Hall–Kier alpha value is -1.46. The van der Waals surface area contributed by atoms with Crippen molar-refractivity contribution in [3.05, 3.63) is 24.5 Å². The second-order valence-corrected chi connectivity index (χ2v) is 3.33. The molecule has 0 aliphatic carbocycles. The molecule has 0 saturated carbocycles. The minimum absolute atomic E-state index is 0.0609. The fourth-order valence-corrected chi connectivity index (χ4v) is 1.62. The van der Waals surface area contributed by atoms with Gasteiger partial charge in [-0.25, -0.2) is 0 Å². The summed E-state index contributed by atoms with van der Waals surface area (Å²) in [6, 6.07) is 3.24. The van der Waals surface area contributed by atoms with Crippen LogP contribution in [0.2, 0.25) is 0 Å². The summed E-state index contributed by atoms with van der Waals surface area (Å²) in [6.07, 6.45) is 3.24. The van der Waals surface area contributed by atoms with Crippen LogP contribution in [0.5, 0.6) is 0 Å². The van der Waals surface area contributed by atoms with Crippen molar-refractivity contribution in [3.8, 4) is 0 Å². The lowest BCUT2D eigenvalue weighted by Crippen LogP contribution is -2.51. The quantitative estimate of drug-likeness (QED) is 0.731. The van der Waals surface area contributed by atoms with Crippen LogP contribution in [0.15, 0.2) is 24.5 Å². The Morgan fingerprint density at radius 1 is 1.67 bits per heavy atom. The van der Waals surface area contributed by atoms with Crippen LogP contribution in [0.3, 0.4) is 0 Å². The minimum atomic E-state index is -0.310. The van der Waals surface area contributed by atoms with Crippen molar-refractivity contribution >= 4 is 11.6 Å². The third kappa shape index (κ3) is 1.98. The SMILES string of the molecule is O=C1COCC(CO)N1c1cccnc1. The summed E-state index contributed by atoms with van der Waals surface area (Å²) in [6.45, 7) is 0.309. The monoisotopic (exact) mass is 208 g/mol. The number of ether oxygens (including phenoxy) is 1. The van der Waals surface area contributed by atoms with E-state index in [0.29, 0.717) is 12.3 Å². The van der Waals surface area contributed by atoms with Crippen LogP contribution in [-0.2, 0) is 9.53 Å². The Morgan fingerprint density at radius 2 is 2.53 bits per heavy atom. The van der Waals surface area contributed by atoms with Crippen LogP contribution in [0, 0.1) is 0 Å². The summed E-state index contributed by atoms with van der Waals surface area (Å²) in [5.41, 5.74) is 0.699. The number of aromatic nitrogens is 1. The molecule has 1 aromatic rings. The molecule has 1 aromatic heterocycles. The van der Waals surface area contributed by atoms with E-state index in [9.17, 15) is 4.79 Å². The number of morpholine rings is 1. The number of aliphatic hydroxyl groups excluding tert-OH is 1. The Bertz CT molecular complexity index is 342. The molecule has 2 rings (SSSR count). The van der Waals surface area contributed by atoms with Gasteiger partial charge in [0.25, 0.3) is 5.91 Å². The highest BCUT2D eigenvalue weighted by Crippen LogP contribution is 2.18. The number of carbonyl (C=O) groups excluding carboxylic acids is 1. The van der Waals surface area contributed by atoms with E-state index >= 15 is 0 Å². The van der Waals surface area contributed by atoms with Crippen molar-refractivity contribution in [2.24, 2.45) is 0 Å². The van der Waals surface area contributed by atoms with Crippen LogP contribution in [-0.4, -0.2) is 41.9 Å². The summed E-state index contributed by atoms with van der Waals surface area (Å²) in [5, 5.41) is 9.15. The maximum Gasteiger partial charge on any atom is 0.253 e.